The van der Waals surface area contributed by atoms with Crippen LogP contribution in [-0.2, 0) is 6.18 Å². The quantitative estimate of drug-likeness (QED) is 0.800. The number of alkyl halides is 3. The number of nitrogens with zero attached hydrogens (tertiary/aromatic N) is 3. The van der Waals surface area contributed by atoms with Gasteiger partial charge in [0, 0.05) is 25.7 Å². The van der Waals surface area contributed by atoms with Crippen LogP contribution in [0.5, 0.6) is 0 Å². The van der Waals surface area contributed by atoms with E-state index in [2.05, 4.69) is 20.6 Å². The minimum atomic E-state index is -4.53. The molecule has 0 atom stereocenters. The third kappa shape index (κ3) is 5.47. The van der Waals surface area contributed by atoms with Crippen molar-refractivity contribution in [3.8, 4) is 0 Å². The van der Waals surface area contributed by atoms with Crippen LogP contribution in [0, 0.1) is 0 Å². The molecule has 0 radical (unpaired) electrons. The number of halogens is 3. The molecular weight excluding hydrogens is 339 g/mol. The third-order valence-electron chi connectivity index (χ3n) is 3.69. The second-order valence-electron chi connectivity index (χ2n) is 5.71. The van der Waals surface area contributed by atoms with Crippen LogP contribution in [-0.4, -0.2) is 34.7 Å². The zero-order chi connectivity index (χ0) is 17.6. The van der Waals surface area contributed by atoms with Gasteiger partial charge < -0.3 is 15.5 Å². The van der Waals surface area contributed by atoms with E-state index in [1.54, 1.807) is 0 Å². The zero-order valence-electron chi connectivity index (χ0n) is 13.6. The molecule has 24 heavy (non-hydrogen) atoms. The lowest BCUT2D eigenvalue weighted by Crippen LogP contribution is -2.31. The fraction of sp³-hybridized carbons (Fsp3) is 0.667. The van der Waals surface area contributed by atoms with Crippen molar-refractivity contribution >= 4 is 29.1 Å². The highest BCUT2D eigenvalue weighted by Gasteiger charge is 2.34. The largest absolute Gasteiger partial charge is 0.433 e. The van der Waals surface area contributed by atoms with Crippen molar-refractivity contribution in [3.05, 3.63) is 11.8 Å². The second-order valence-corrected chi connectivity index (χ2v) is 6.12. The molecule has 2 rings (SSSR count). The molecule has 134 valence electrons. The molecular formula is C15H22F3N5S. The highest BCUT2D eigenvalue weighted by atomic mass is 32.1. The van der Waals surface area contributed by atoms with E-state index >= 15 is 0 Å². The van der Waals surface area contributed by atoms with E-state index in [9.17, 15) is 13.2 Å². The van der Waals surface area contributed by atoms with Gasteiger partial charge >= 0.3 is 6.18 Å². The Morgan fingerprint density at radius 2 is 1.88 bits per heavy atom. The molecule has 5 nitrogen and oxygen atoms in total. The van der Waals surface area contributed by atoms with E-state index < -0.39 is 11.9 Å². The lowest BCUT2D eigenvalue weighted by molar-refractivity contribution is -0.141. The molecule has 1 aromatic rings. The maximum absolute atomic E-state index is 13.2. The number of thiocarbonyl (C=S) groups is 1. The van der Waals surface area contributed by atoms with Crippen LogP contribution in [0.15, 0.2) is 6.07 Å². The van der Waals surface area contributed by atoms with E-state index in [4.69, 9.17) is 12.2 Å². The summed E-state index contributed by atoms with van der Waals surface area (Å²) in [5, 5.41) is 5.77. The molecule has 0 spiro atoms. The molecule has 1 aliphatic heterocycles. The number of aromatic nitrogens is 2. The highest BCUT2D eigenvalue weighted by molar-refractivity contribution is 7.80. The summed E-state index contributed by atoms with van der Waals surface area (Å²) in [5.74, 6) is 0.165. The van der Waals surface area contributed by atoms with Gasteiger partial charge in [0.25, 0.3) is 0 Å². The Morgan fingerprint density at radius 1 is 1.21 bits per heavy atom. The Labute approximate surface area is 145 Å². The topological polar surface area (TPSA) is 53.1 Å². The van der Waals surface area contributed by atoms with Gasteiger partial charge in [0.1, 0.15) is 5.82 Å². The maximum Gasteiger partial charge on any atom is 0.433 e. The van der Waals surface area contributed by atoms with Crippen LogP contribution < -0.4 is 15.5 Å². The SMILES string of the molecule is CCCNC(=S)Nc1nc(N2CCCCCC2)cc(C(F)(F)F)n1. The summed E-state index contributed by atoms with van der Waals surface area (Å²) in [6.45, 7) is 4.00. The summed E-state index contributed by atoms with van der Waals surface area (Å²) in [7, 11) is 0. The Bertz CT molecular complexity index is 557. The van der Waals surface area contributed by atoms with Crippen LogP contribution in [0.3, 0.4) is 0 Å². The molecule has 1 aliphatic rings. The predicted octanol–water partition coefficient (Wildman–Crippen LogP) is 3.57. The Hall–Kier alpha value is -1.64. The number of hydrogen-bond donors (Lipinski definition) is 2. The first-order valence-electron chi connectivity index (χ1n) is 8.16. The Balaban J connectivity index is 2.25. The van der Waals surface area contributed by atoms with Crippen molar-refractivity contribution in [1.82, 2.24) is 15.3 Å². The molecule has 1 saturated heterocycles. The van der Waals surface area contributed by atoms with E-state index in [1.807, 2.05) is 11.8 Å². The lowest BCUT2D eigenvalue weighted by atomic mass is 10.2. The van der Waals surface area contributed by atoms with Gasteiger partial charge in [-0.2, -0.15) is 18.2 Å². The fourth-order valence-electron chi connectivity index (χ4n) is 2.48. The number of hydrogen-bond acceptors (Lipinski definition) is 4. The van der Waals surface area contributed by atoms with Crippen LogP contribution in [0.1, 0.15) is 44.7 Å². The molecule has 0 unspecified atom stereocenters. The minimum absolute atomic E-state index is 0.127. The van der Waals surface area contributed by atoms with Gasteiger partial charge in [0.2, 0.25) is 5.95 Å². The number of nitrogens with one attached hydrogen (secondary N) is 2. The first-order chi connectivity index (χ1) is 11.4. The van der Waals surface area contributed by atoms with Gasteiger partial charge in [-0.05, 0) is 31.5 Å². The van der Waals surface area contributed by atoms with Crippen LogP contribution in [0.2, 0.25) is 0 Å². The Morgan fingerprint density at radius 3 is 2.46 bits per heavy atom. The third-order valence-corrected chi connectivity index (χ3v) is 3.94. The summed E-state index contributed by atoms with van der Waals surface area (Å²) in [5.41, 5.74) is -0.961. The molecule has 2 heterocycles. The molecule has 0 saturated carbocycles. The van der Waals surface area contributed by atoms with E-state index in [0.717, 1.165) is 38.2 Å². The number of anilines is 2. The van der Waals surface area contributed by atoms with Crippen molar-refractivity contribution in [2.24, 2.45) is 0 Å². The second kappa shape index (κ2) is 8.46. The van der Waals surface area contributed by atoms with E-state index in [0.29, 0.717) is 25.5 Å². The summed E-state index contributed by atoms with van der Waals surface area (Å²) in [4.78, 5) is 9.69. The molecule has 1 aromatic heterocycles. The van der Waals surface area contributed by atoms with Crippen molar-refractivity contribution < 1.29 is 13.2 Å². The molecule has 0 amide bonds. The number of rotatable bonds is 4. The minimum Gasteiger partial charge on any atom is -0.362 e. The highest BCUT2D eigenvalue weighted by Crippen LogP contribution is 2.31. The molecule has 0 aliphatic carbocycles. The zero-order valence-corrected chi connectivity index (χ0v) is 14.4. The van der Waals surface area contributed by atoms with Gasteiger partial charge in [-0.15, -0.1) is 0 Å². The average molecular weight is 361 g/mol. The standard InChI is InChI=1S/C15H22F3N5S/c1-2-7-19-14(24)22-13-20-11(15(16,17)18)10-12(21-13)23-8-5-3-4-6-9-23/h10H,2-9H2,1H3,(H2,19,20,21,22,24). The Kier molecular flexibility index (Phi) is 6.59. The fourth-order valence-corrected chi connectivity index (χ4v) is 2.67. The van der Waals surface area contributed by atoms with Gasteiger partial charge in [0.05, 0.1) is 0 Å². The van der Waals surface area contributed by atoms with Crippen molar-refractivity contribution in [1.29, 1.82) is 0 Å². The summed E-state index contributed by atoms with van der Waals surface area (Å²) in [6.07, 6.45) is 0.394. The van der Waals surface area contributed by atoms with Crippen LogP contribution in [0.4, 0.5) is 24.9 Å². The van der Waals surface area contributed by atoms with Crippen molar-refractivity contribution in [2.75, 3.05) is 29.9 Å². The molecule has 9 heteroatoms. The van der Waals surface area contributed by atoms with E-state index in [-0.39, 0.29) is 11.1 Å². The predicted molar refractivity (Wildman–Crippen MR) is 92.2 cm³/mol. The first kappa shape index (κ1) is 18.7. The molecule has 2 N–H and O–H groups in total. The lowest BCUT2D eigenvalue weighted by Gasteiger charge is -2.23. The molecule has 0 bridgehead atoms. The van der Waals surface area contributed by atoms with E-state index in [1.165, 1.54) is 0 Å². The van der Waals surface area contributed by atoms with Gasteiger partial charge in [-0.25, -0.2) is 4.98 Å². The van der Waals surface area contributed by atoms with Gasteiger partial charge in [-0.3, -0.25) is 0 Å². The molecule has 0 aromatic carbocycles. The monoisotopic (exact) mass is 361 g/mol. The summed E-state index contributed by atoms with van der Waals surface area (Å²) in [6, 6.07) is 1.01. The van der Waals surface area contributed by atoms with Crippen LogP contribution >= 0.6 is 12.2 Å². The van der Waals surface area contributed by atoms with Crippen LogP contribution in [0.25, 0.3) is 0 Å². The smallest absolute Gasteiger partial charge is 0.362 e. The average Bonchev–Trinajstić information content (AvgIpc) is 2.81. The van der Waals surface area contributed by atoms with Crippen molar-refractivity contribution in [2.45, 2.75) is 45.2 Å². The van der Waals surface area contributed by atoms with Crippen molar-refractivity contribution in [3.63, 3.8) is 0 Å². The van der Waals surface area contributed by atoms with Gasteiger partial charge in [-0.1, -0.05) is 19.8 Å². The molecule has 1 fully saturated rings. The summed E-state index contributed by atoms with van der Waals surface area (Å²) < 4.78 is 39.5. The maximum atomic E-state index is 13.2. The first-order valence-corrected chi connectivity index (χ1v) is 8.57. The normalized spacial score (nSPS) is 15.8. The van der Waals surface area contributed by atoms with Gasteiger partial charge in [0.15, 0.2) is 10.8 Å². The summed E-state index contributed by atoms with van der Waals surface area (Å²) >= 11 is 5.06.